The lowest BCUT2D eigenvalue weighted by atomic mass is 9.88. The second-order valence-corrected chi connectivity index (χ2v) is 4.73. The summed E-state index contributed by atoms with van der Waals surface area (Å²) in [5.74, 6) is -0.0673. The molecule has 3 unspecified atom stereocenters. The Morgan fingerprint density at radius 2 is 2.18 bits per heavy atom. The van der Waals surface area contributed by atoms with Crippen LogP contribution in [0.4, 0.5) is 0 Å². The molecule has 1 saturated heterocycles. The summed E-state index contributed by atoms with van der Waals surface area (Å²) in [5.41, 5.74) is 1.19. The van der Waals surface area contributed by atoms with Crippen LogP contribution in [0.5, 0.6) is 5.75 Å². The van der Waals surface area contributed by atoms with Gasteiger partial charge in [0, 0.05) is 25.4 Å². The normalized spacial score (nSPS) is 30.9. The highest BCUT2D eigenvalue weighted by Crippen LogP contribution is 2.34. The first-order chi connectivity index (χ1) is 8.25. The molecule has 3 rings (SSSR count). The summed E-state index contributed by atoms with van der Waals surface area (Å²) in [6.45, 7) is 1.28. The number of aliphatic carboxylic acids is 1. The van der Waals surface area contributed by atoms with Gasteiger partial charge in [-0.1, -0.05) is 18.2 Å². The molecular weight excluding hydrogens is 218 g/mol. The number of carboxylic acids is 1. The number of nitrogens with one attached hydrogen (secondary N) is 1. The van der Waals surface area contributed by atoms with Crippen molar-refractivity contribution in [2.24, 2.45) is 11.8 Å². The summed E-state index contributed by atoms with van der Waals surface area (Å²) >= 11 is 0. The molecular formula is C13H15NO3. The van der Waals surface area contributed by atoms with Gasteiger partial charge in [0.1, 0.15) is 11.9 Å². The molecule has 4 heteroatoms. The van der Waals surface area contributed by atoms with Crippen LogP contribution in [0, 0.1) is 11.8 Å². The zero-order valence-corrected chi connectivity index (χ0v) is 9.43. The van der Waals surface area contributed by atoms with Crippen LogP contribution in [0.1, 0.15) is 5.56 Å². The van der Waals surface area contributed by atoms with Crippen LogP contribution in [-0.2, 0) is 11.2 Å². The fraction of sp³-hybridized carbons (Fsp3) is 0.462. The van der Waals surface area contributed by atoms with Gasteiger partial charge in [0.25, 0.3) is 0 Å². The van der Waals surface area contributed by atoms with Gasteiger partial charge in [0.2, 0.25) is 0 Å². The molecule has 90 valence electrons. The monoisotopic (exact) mass is 233 g/mol. The van der Waals surface area contributed by atoms with E-state index >= 15 is 0 Å². The minimum Gasteiger partial charge on any atom is -0.489 e. The number of ether oxygens (including phenoxy) is 1. The van der Waals surface area contributed by atoms with E-state index in [1.165, 1.54) is 5.56 Å². The van der Waals surface area contributed by atoms with Gasteiger partial charge in [0.05, 0.1) is 5.92 Å². The number of carbonyl (C=O) groups is 1. The molecule has 0 aromatic heterocycles. The highest BCUT2D eigenvalue weighted by Gasteiger charge is 2.41. The van der Waals surface area contributed by atoms with E-state index in [-0.39, 0.29) is 17.9 Å². The minimum absolute atomic E-state index is 0.00324. The Kier molecular flexibility index (Phi) is 2.52. The average Bonchev–Trinajstić information content (AvgIpc) is 2.95. The highest BCUT2D eigenvalue weighted by molar-refractivity contribution is 5.71. The zero-order valence-electron chi connectivity index (χ0n) is 9.43. The molecule has 2 aliphatic rings. The lowest BCUT2D eigenvalue weighted by Crippen LogP contribution is -2.34. The highest BCUT2D eigenvalue weighted by atomic mass is 16.5. The Hall–Kier alpha value is -1.55. The Morgan fingerprint density at radius 1 is 1.35 bits per heavy atom. The second-order valence-electron chi connectivity index (χ2n) is 4.73. The molecule has 2 aliphatic heterocycles. The molecule has 1 aromatic rings. The third-order valence-electron chi connectivity index (χ3n) is 3.73. The molecule has 1 fully saturated rings. The number of carboxylic acid groups (broad SMARTS) is 1. The summed E-state index contributed by atoms with van der Waals surface area (Å²) in [7, 11) is 0. The van der Waals surface area contributed by atoms with Crippen molar-refractivity contribution in [2.75, 3.05) is 13.1 Å². The number of benzene rings is 1. The molecule has 4 nitrogen and oxygen atoms in total. The standard InChI is InChI=1S/C13H15NO3/c15-13(16)10-7-14-6-9(10)12-5-8-3-1-2-4-11(8)17-12/h1-4,9-10,12,14H,5-7H2,(H,15,16). The second kappa shape index (κ2) is 4.04. The topological polar surface area (TPSA) is 58.6 Å². The van der Waals surface area contributed by atoms with Gasteiger partial charge in [0.15, 0.2) is 0 Å². The first-order valence-electron chi connectivity index (χ1n) is 5.94. The number of fused-ring (bicyclic) bond motifs is 1. The summed E-state index contributed by atoms with van der Waals surface area (Å²) in [6.07, 6.45) is 0.829. The van der Waals surface area contributed by atoms with Crippen molar-refractivity contribution in [2.45, 2.75) is 12.5 Å². The van der Waals surface area contributed by atoms with Crippen LogP contribution in [0.3, 0.4) is 0 Å². The van der Waals surface area contributed by atoms with E-state index in [9.17, 15) is 4.79 Å². The molecule has 0 saturated carbocycles. The third kappa shape index (κ3) is 1.78. The Balaban J connectivity index is 1.78. The molecule has 0 bridgehead atoms. The van der Waals surface area contributed by atoms with Crippen LogP contribution in [-0.4, -0.2) is 30.3 Å². The van der Waals surface area contributed by atoms with Gasteiger partial charge >= 0.3 is 5.97 Å². The summed E-state index contributed by atoms with van der Waals surface area (Å²) in [4.78, 5) is 11.1. The number of hydrogen-bond acceptors (Lipinski definition) is 3. The number of hydrogen-bond donors (Lipinski definition) is 2. The zero-order chi connectivity index (χ0) is 11.8. The molecule has 2 N–H and O–H groups in total. The van der Waals surface area contributed by atoms with Gasteiger partial charge in [-0.3, -0.25) is 4.79 Å². The van der Waals surface area contributed by atoms with Crippen molar-refractivity contribution >= 4 is 5.97 Å². The third-order valence-corrected chi connectivity index (χ3v) is 3.73. The molecule has 0 radical (unpaired) electrons. The summed E-state index contributed by atoms with van der Waals surface area (Å²) in [6, 6.07) is 7.94. The quantitative estimate of drug-likeness (QED) is 0.797. The lowest BCUT2D eigenvalue weighted by molar-refractivity contribution is -0.143. The number of rotatable bonds is 2. The Bertz CT molecular complexity index is 421. The maximum Gasteiger partial charge on any atom is 0.308 e. The van der Waals surface area contributed by atoms with E-state index in [2.05, 4.69) is 5.32 Å². The van der Waals surface area contributed by atoms with Crippen LogP contribution in [0.2, 0.25) is 0 Å². The first-order valence-corrected chi connectivity index (χ1v) is 5.94. The van der Waals surface area contributed by atoms with E-state index < -0.39 is 5.97 Å². The van der Waals surface area contributed by atoms with Gasteiger partial charge in [-0.25, -0.2) is 0 Å². The van der Waals surface area contributed by atoms with Gasteiger partial charge in [-0.2, -0.15) is 0 Å². The largest absolute Gasteiger partial charge is 0.489 e. The van der Waals surface area contributed by atoms with E-state index in [4.69, 9.17) is 9.84 Å². The first kappa shape index (κ1) is 10.6. The van der Waals surface area contributed by atoms with Crippen molar-refractivity contribution in [3.8, 4) is 5.75 Å². The molecule has 2 heterocycles. The van der Waals surface area contributed by atoms with E-state index in [1.807, 2.05) is 24.3 Å². The average molecular weight is 233 g/mol. The van der Waals surface area contributed by atoms with Crippen LogP contribution in [0.25, 0.3) is 0 Å². The molecule has 0 aliphatic carbocycles. The van der Waals surface area contributed by atoms with Crippen molar-refractivity contribution in [1.82, 2.24) is 5.32 Å². The number of para-hydroxylation sites is 1. The Morgan fingerprint density at radius 3 is 2.94 bits per heavy atom. The van der Waals surface area contributed by atoms with Crippen LogP contribution in [0.15, 0.2) is 24.3 Å². The SMILES string of the molecule is O=C(O)C1CNCC1C1Cc2ccccc2O1. The van der Waals surface area contributed by atoms with Gasteiger partial charge < -0.3 is 15.2 Å². The van der Waals surface area contributed by atoms with Crippen LogP contribution < -0.4 is 10.1 Å². The molecule has 17 heavy (non-hydrogen) atoms. The van der Waals surface area contributed by atoms with Crippen molar-refractivity contribution < 1.29 is 14.6 Å². The fourth-order valence-corrected chi connectivity index (χ4v) is 2.81. The van der Waals surface area contributed by atoms with Crippen molar-refractivity contribution in [3.63, 3.8) is 0 Å². The summed E-state index contributed by atoms with van der Waals surface area (Å²) < 4.78 is 5.87. The lowest BCUT2D eigenvalue weighted by Gasteiger charge is -2.21. The van der Waals surface area contributed by atoms with Gasteiger partial charge in [-0.05, 0) is 11.6 Å². The van der Waals surface area contributed by atoms with Gasteiger partial charge in [-0.15, -0.1) is 0 Å². The predicted octanol–water partition coefficient (Wildman–Crippen LogP) is 0.910. The van der Waals surface area contributed by atoms with E-state index in [0.29, 0.717) is 6.54 Å². The minimum atomic E-state index is -0.723. The van der Waals surface area contributed by atoms with E-state index in [0.717, 1.165) is 18.7 Å². The maximum absolute atomic E-state index is 11.1. The summed E-state index contributed by atoms with van der Waals surface area (Å²) in [5, 5.41) is 12.3. The molecule has 0 amide bonds. The van der Waals surface area contributed by atoms with E-state index in [1.54, 1.807) is 0 Å². The predicted molar refractivity (Wildman–Crippen MR) is 62.0 cm³/mol. The van der Waals surface area contributed by atoms with Crippen LogP contribution >= 0.6 is 0 Å². The molecule has 1 aromatic carbocycles. The van der Waals surface area contributed by atoms with Crippen molar-refractivity contribution in [1.29, 1.82) is 0 Å². The Labute approximate surface area is 99.6 Å². The van der Waals surface area contributed by atoms with Crippen molar-refractivity contribution in [3.05, 3.63) is 29.8 Å². The molecule has 3 atom stereocenters. The maximum atomic E-state index is 11.1. The smallest absolute Gasteiger partial charge is 0.308 e. The molecule has 0 spiro atoms. The fourth-order valence-electron chi connectivity index (χ4n) is 2.81.